The zero-order valence-corrected chi connectivity index (χ0v) is 19.3. The number of carboxylic acids is 1. The topological polar surface area (TPSA) is 130 Å². The molecule has 36 heavy (non-hydrogen) atoms. The number of amides is 1. The number of carboxylic acid groups (broad SMARTS) is 1. The minimum atomic E-state index is -1.04. The summed E-state index contributed by atoms with van der Waals surface area (Å²) in [5, 5.41) is 16.2. The predicted molar refractivity (Wildman–Crippen MR) is 135 cm³/mol. The first-order valence-corrected chi connectivity index (χ1v) is 11.5. The summed E-state index contributed by atoms with van der Waals surface area (Å²) in [5.41, 5.74) is 3.42. The van der Waals surface area contributed by atoms with Crippen LogP contribution < -0.4 is 15.5 Å². The number of para-hydroxylation sites is 1. The Balaban J connectivity index is 1.28. The van der Waals surface area contributed by atoms with Crippen LogP contribution in [0.15, 0.2) is 67.3 Å². The molecule has 1 saturated heterocycles. The Morgan fingerprint density at radius 2 is 1.86 bits per heavy atom. The highest BCUT2D eigenvalue weighted by Gasteiger charge is 2.15. The zero-order valence-electron chi connectivity index (χ0n) is 19.3. The fraction of sp³-hybridized carbons (Fsp3) is 0.192. The van der Waals surface area contributed by atoms with Gasteiger partial charge in [-0.25, -0.2) is 14.8 Å². The molecule has 3 heterocycles. The molecule has 1 amide bonds. The summed E-state index contributed by atoms with van der Waals surface area (Å²) in [5.74, 6) is -0.756. The van der Waals surface area contributed by atoms with Gasteiger partial charge in [0.15, 0.2) is 0 Å². The van der Waals surface area contributed by atoms with Crippen LogP contribution in [0.5, 0.6) is 0 Å². The molecule has 4 aromatic rings. The van der Waals surface area contributed by atoms with Crippen LogP contribution in [0, 0.1) is 0 Å². The van der Waals surface area contributed by atoms with Gasteiger partial charge in [0.1, 0.15) is 12.1 Å². The van der Waals surface area contributed by atoms with Gasteiger partial charge in [-0.15, -0.1) is 0 Å². The van der Waals surface area contributed by atoms with Gasteiger partial charge in [0.05, 0.1) is 41.7 Å². The molecule has 182 valence electrons. The number of anilines is 3. The number of carbonyl (C=O) groups is 2. The quantitative estimate of drug-likeness (QED) is 0.361. The molecular formula is C26H24N6O4. The summed E-state index contributed by atoms with van der Waals surface area (Å²) in [7, 11) is 0. The molecule has 0 saturated carbocycles. The average molecular weight is 485 g/mol. The second-order valence-electron chi connectivity index (χ2n) is 8.27. The molecule has 1 aliphatic heterocycles. The van der Waals surface area contributed by atoms with Gasteiger partial charge in [-0.05, 0) is 35.9 Å². The van der Waals surface area contributed by atoms with Gasteiger partial charge in [-0.3, -0.25) is 9.78 Å². The lowest BCUT2D eigenvalue weighted by atomic mass is 10.1. The second kappa shape index (κ2) is 10.4. The number of morpholine rings is 1. The van der Waals surface area contributed by atoms with Gasteiger partial charge in [-0.2, -0.15) is 0 Å². The van der Waals surface area contributed by atoms with Gasteiger partial charge in [0, 0.05) is 36.9 Å². The van der Waals surface area contributed by atoms with Crippen molar-refractivity contribution in [3.05, 3.63) is 83.9 Å². The lowest BCUT2D eigenvalue weighted by Crippen LogP contribution is -2.36. The van der Waals surface area contributed by atoms with Gasteiger partial charge < -0.3 is 25.4 Å². The summed E-state index contributed by atoms with van der Waals surface area (Å²) < 4.78 is 5.40. The number of pyridine rings is 1. The van der Waals surface area contributed by atoms with Crippen LogP contribution in [0.1, 0.15) is 26.3 Å². The molecule has 2 aromatic heterocycles. The first-order chi connectivity index (χ1) is 17.6. The molecule has 1 fully saturated rings. The molecule has 0 atom stereocenters. The van der Waals surface area contributed by atoms with Crippen molar-refractivity contribution in [3.8, 4) is 0 Å². The van der Waals surface area contributed by atoms with Crippen molar-refractivity contribution in [1.29, 1.82) is 0 Å². The Morgan fingerprint density at radius 3 is 2.69 bits per heavy atom. The van der Waals surface area contributed by atoms with E-state index in [-0.39, 0.29) is 11.5 Å². The number of ether oxygens (including phenoxy) is 1. The third-order valence-electron chi connectivity index (χ3n) is 5.90. The van der Waals surface area contributed by atoms with E-state index >= 15 is 0 Å². The van der Waals surface area contributed by atoms with Crippen molar-refractivity contribution in [1.82, 2.24) is 15.0 Å². The maximum Gasteiger partial charge on any atom is 0.337 e. The van der Waals surface area contributed by atoms with E-state index in [2.05, 4.69) is 30.5 Å². The van der Waals surface area contributed by atoms with E-state index in [0.717, 1.165) is 24.3 Å². The van der Waals surface area contributed by atoms with E-state index in [1.54, 1.807) is 24.5 Å². The van der Waals surface area contributed by atoms with Crippen LogP contribution in [0.4, 0.5) is 17.2 Å². The third kappa shape index (κ3) is 5.08. The molecule has 0 unspecified atom stereocenters. The van der Waals surface area contributed by atoms with E-state index < -0.39 is 5.97 Å². The molecule has 2 aromatic carbocycles. The number of hydrogen-bond acceptors (Lipinski definition) is 8. The number of nitrogens with one attached hydrogen (secondary N) is 2. The molecular weight excluding hydrogens is 460 g/mol. The van der Waals surface area contributed by atoms with Crippen molar-refractivity contribution in [2.24, 2.45) is 0 Å². The molecule has 0 spiro atoms. The standard InChI is InChI=1S/C26H24N6O4/c33-25(18-12-20(15-27-14-18)32-7-9-36-10-8-32)31-19-4-1-3-17(11-19)13-28-24-21-5-2-6-22(26(34)35)23(21)29-16-30-24/h1-6,11-12,14-16H,7-10,13H2,(H,31,33)(H,34,35)(H,28,29,30). The highest BCUT2D eigenvalue weighted by atomic mass is 16.5. The van der Waals surface area contributed by atoms with E-state index in [1.807, 2.05) is 30.3 Å². The smallest absolute Gasteiger partial charge is 0.337 e. The summed E-state index contributed by atoms with van der Waals surface area (Å²) in [6.45, 7) is 3.26. The minimum Gasteiger partial charge on any atom is -0.478 e. The monoisotopic (exact) mass is 484 g/mol. The second-order valence-corrected chi connectivity index (χ2v) is 8.27. The van der Waals surface area contributed by atoms with Crippen molar-refractivity contribution in [2.45, 2.75) is 6.54 Å². The molecule has 5 rings (SSSR count). The highest BCUT2D eigenvalue weighted by Crippen LogP contribution is 2.23. The summed E-state index contributed by atoms with van der Waals surface area (Å²) >= 11 is 0. The average Bonchev–Trinajstić information content (AvgIpc) is 2.92. The summed E-state index contributed by atoms with van der Waals surface area (Å²) in [6, 6.07) is 14.3. The first-order valence-electron chi connectivity index (χ1n) is 11.5. The molecule has 10 nitrogen and oxygen atoms in total. The summed E-state index contributed by atoms with van der Waals surface area (Å²) in [4.78, 5) is 39.2. The number of benzene rings is 2. The van der Waals surface area contributed by atoms with Gasteiger partial charge in [-0.1, -0.05) is 18.2 Å². The molecule has 0 radical (unpaired) electrons. The van der Waals surface area contributed by atoms with Crippen LogP contribution in [0.3, 0.4) is 0 Å². The Hall–Kier alpha value is -4.57. The molecule has 0 aliphatic carbocycles. The van der Waals surface area contributed by atoms with Crippen molar-refractivity contribution in [3.63, 3.8) is 0 Å². The van der Waals surface area contributed by atoms with Crippen LogP contribution >= 0.6 is 0 Å². The molecule has 10 heteroatoms. The van der Waals surface area contributed by atoms with Crippen molar-refractivity contribution in [2.75, 3.05) is 41.8 Å². The largest absolute Gasteiger partial charge is 0.478 e. The minimum absolute atomic E-state index is 0.120. The van der Waals surface area contributed by atoms with E-state index in [4.69, 9.17) is 4.74 Å². The van der Waals surface area contributed by atoms with Crippen molar-refractivity contribution >= 4 is 40.0 Å². The third-order valence-corrected chi connectivity index (χ3v) is 5.90. The Labute approximate surface area is 207 Å². The number of carbonyl (C=O) groups excluding carboxylic acids is 1. The van der Waals surface area contributed by atoms with Gasteiger partial charge in [0.2, 0.25) is 0 Å². The fourth-order valence-electron chi connectivity index (χ4n) is 4.10. The van der Waals surface area contributed by atoms with Gasteiger partial charge >= 0.3 is 5.97 Å². The Morgan fingerprint density at radius 1 is 1.03 bits per heavy atom. The normalized spacial score (nSPS) is 13.4. The van der Waals surface area contributed by atoms with E-state index in [1.165, 1.54) is 12.4 Å². The number of aromatic nitrogens is 3. The van der Waals surface area contributed by atoms with Crippen LogP contribution in [0.25, 0.3) is 10.9 Å². The Bertz CT molecular complexity index is 1420. The predicted octanol–water partition coefficient (Wildman–Crippen LogP) is 3.42. The van der Waals surface area contributed by atoms with Crippen molar-refractivity contribution < 1.29 is 19.4 Å². The fourth-order valence-corrected chi connectivity index (χ4v) is 4.10. The number of hydrogen-bond donors (Lipinski definition) is 3. The molecule has 0 bridgehead atoms. The number of rotatable bonds is 7. The first kappa shape index (κ1) is 23.2. The maximum absolute atomic E-state index is 12.9. The lowest BCUT2D eigenvalue weighted by molar-refractivity contribution is 0.0698. The molecule has 1 aliphatic rings. The van der Waals surface area contributed by atoms with E-state index in [0.29, 0.717) is 47.7 Å². The lowest BCUT2D eigenvalue weighted by Gasteiger charge is -2.28. The highest BCUT2D eigenvalue weighted by molar-refractivity contribution is 6.05. The van der Waals surface area contributed by atoms with E-state index in [9.17, 15) is 14.7 Å². The van der Waals surface area contributed by atoms with Crippen LogP contribution in [0.2, 0.25) is 0 Å². The van der Waals surface area contributed by atoms with Crippen LogP contribution in [-0.2, 0) is 11.3 Å². The number of aromatic carboxylic acids is 1. The zero-order chi connectivity index (χ0) is 24.9. The summed E-state index contributed by atoms with van der Waals surface area (Å²) in [6.07, 6.45) is 4.65. The molecule has 3 N–H and O–H groups in total. The SMILES string of the molecule is O=C(Nc1cccc(CNc2ncnc3c(C(=O)O)cccc23)c1)c1cncc(N2CCOCC2)c1. The van der Waals surface area contributed by atoms with Crippen LogP contribution in [-0.4, -0.2) is 58.2 Å². The maximum atomic E-state index is 12.9. The number of fused-ring (bicyclic) bond motifs is 1. The Kier molecular flexibility index (Phi) is 6.67. The number of nitrogens with zero attached hydrogens (tertiary/aromatic N) is 4. The van der Waals surface area contributed by atoms with Gasteiger partial charge in [0.25, 0.3) is 5.91 Å².